The summed E-state index contributed by atoms with van der Waals surface area (Å²) in [5, 5.41) is 1.95. The summed E-state index contributed by atoms with van der Waals surface area (Å²) < 4.78 is 13.8. The largest absolute Gasteiger partial charge is 0.332 e. The van der Waals surface area contributed by atoms with Crippen molar-refractivity contribution in [2.24, 2.45) is 0 Å². The molecular weight excluding hydrogens is 421 g/mol. The van der Waals surface area contributed by atoms with Gasteiger partial charge in [0.1, 0.15) is 5.67 Å². The predicted octanol–water partition coefficient (Wildman–Crippen LogP) is 6.70. The van der Waals surface area contributed by atoms with Crippen LogP contribution in [0.15, 0.2) is 73.9 Å². The lowest BCUT2D eigenvalue weighted by Gasteiger charge is -2.42. The molecule has 3 heteroatoms. The van der Waals surface area contributed by atoms with Crippen molar-refractivity contribution in [2.45, 2.75) is 54.1 Å². The summed E-state index contributed by atoms with van der Waals surface area (Å²) in [5.74, 6) is -0.142. The lowest BCUT2D eigenvalue weighted by molar-refractivity contribution is -0.00786. The summed E-state index contributed by atoms with van der Waals surface area (Å²) in [5.41, 5.74) is 3.41. The lowest BCUT2D eigenvalue weighted by Crippen LogP contribution is -2.59. The Morgan fingerprint density at radius 2 is 1.44 bits per heavy atom. The second-order valence-electron chi connectivity index (χ2n) is 7.81. The predicted molar refractivity (Wildman–Crippen MR) is 147 cm³/mol. The van der Waals surface area contributed by atoms with E-state index in [0.29, 0.717) is 5.56 Å². The normalized spacial score (nSPS) is 15.6. The number of carbonyl (C=O) groups is 1. The first-order valence-corrected chi connectivity index (χ1v) is 12.1. The van der Waals surface area contributed by atoms with Crippen molar-refractivity contribution in [3.8, 4) is 0 Å². The highest BCUT2D eigenvalue weighted by atomic mass is 19.1. The van der Waals surface area contributed by atoms with E-state index in [4.69, 9.17) is 0 Å². The molecule has 2 aromatic carbocycles. The monoisotopic (exact) mass is 461 g/mol. The molecule has 0 radical (unpaired) electrons. The Balaban J connectivity index is 0.00000137. The van der Waals surface area contributed by atoms with Gasteiger partial charge in [0.25, 0.3) is 5.91 Å². The van der Waals surface area contributed by atoms with E-state index in [1.54, 1.807) is 11.0 Å². The molecule has 0 aliphatic carbocycles. The zero-order valence-electron chi connectivity index (χ0n) is 21.9. The number of alkyl halides is 1. The van der Waals surface area contributed by atoms with Gasteiger partial charge in [-0.25, -0.2) is 4.39 Å². The first kappa shape index (κ1) is 28.8. The summed E-state index contributed by atoms with van der Waals surface area (Å²) in [7, 11) is 0. The number of halogens is 1. The molecule has 34 heavy (non-hydrogen) atoms. The van der Waals surface area contributed by atoms with Gasteiger partial charge in [-0.1, -0.05) is 95.5 Å². The fourth-order valence-electron chi connectivity index (χ4n) is 3.88. The molecule has 0 aromatic heterocycles. The molecule has 2 nitrogen and oxygen atoms in total. The van der Waals surface area contributed by atoms with Crippen LogP contribution in [0.3, 0.4) is 0 Å². The minimum atomic E-state index is -1.28. The maximum absolute atomic E-state index is 13.8. The zero-order valence-corrected chi connectivity index (χ0v) is 21.9. The molecule has 1 amide bonds. The van der Waals surface area contributed by atoms with Crippen molar-refractivity contribution in [1.82, 2.24) is 4.90 Å². The van der Waals surface area contributed by atoms with Crippen molar-refractivity contribution < 1.29 is 9.18 Å². The second kappa shape index (κ2) is 13.5. The van der Waals surface area contributed by atoms with Crippen molar-refractivity contribution in [3.05, 3.63) is 101 Å². The van der Waals surface area contributed by atoms with E-state index >= 15 is 0 Å². The van der Waals surface area contributed by atoms with E-state index < -0.39 is 5.67 Å². The quantitative estimate of drug-likeness (QED) is 0.454. The average Bonchev–Trinajstić information content (AvgIpc) is 2.86. The second-order valence-corrected chi connectivity index (χ2v) is 7.81. The van der Waals surface area contributed by atoms with E-state index in [2.05, 4.69) is 37.4 Å². The van der Waals surface area contributed by atoms with Crippen molar-refractivity contribution in [1.29, 1.82) is 0 Å². The number of benzene rings is 2. The standard InChI is InChI=1S/C27H28FNO.2C2H6/c1-6-19(7-2)21-11-13-22(14-12-21)24(9-4)25-16-23(15-10-20(25)8-3)26(30)29-17-27(5,28)18-29;2*1-2/h6-16H,1,4,17-18H2,2-3,5H3;2*1-2H3/b19-7+,20-8-,25-24+;;. The highest BCUT2D eigenvalue weighted by molar-refractivity contribution is 5.95. The molecule has 1 aliphatic rings. The number of hydrogen-bond acceptors (Lipinski definition) is 1. The van der Waals surface area contributed by atoms with Crippen LogP contribution in [0.25, 0.3) is 17.2 Å². The summed E-state index contributed by atoms with van der Waals surface area (Å²) in [6, 6.07) is 13.8. The van der Waals surface area contributed by atoms with Crippen LogP contribution in [-0.4, -0.2) is 29.6 Å². The van der Waals surface area contributed by atoms with E-state index in [-0.39, 0.29) is 19.0 Å². The highest BCUT2D eigenvalue weighted by Gasteiger charge is 2.41. The summed E-state index contributed by atoms with van der Waals surface area (Å²) in [6.45, 7) is 21.6. The molecule has 0 saturated carbocycles. The van der Waals surface area contributed by atoms with Gasteiger partial charge >= 0.3 is 0 Å². The Kier molecular flexibility index (Phi) is 11.4. The SMILES string of the molecule is C=C/C(=C\C)c1ccc(/C(C=C)=c2\cc(C(=O)N3CC(C)(F)C3)cc\c2=C\C)cc1.CC.CC. The fourth-order valence-corrected chi connectivity index (χ4v) is 3.88. The highest BCUT2D eigenvalue weighted by Crippen LogP contribution is 2.26. The van der Waals surface area contributed by atoms with Crippen LogP contribution in [0.2, 0.25) is 0 Å². The molecule has 182 valence electrons. The van der Waals surface area contributed by atoms with Crippen LogP contribution in [0, 0.1) is 0 Å². The molecule has 1 aliphatic heterocycles. The molecule has 3 rings (SSSR count). The first-order chi connectivity index (χ1) is 16.3. The van der Waals surface area contributed by atoms with Gasteiger partial charge in [-0.3, -0.25) is 4.79 Å². The Bertz CT molecular complexity index is 1130. The van der Waals surface area contributed by atoms with Crippen LogP contribution in [0.4, 0.5) is 4.39 Å². The molecule has 1 saturated heterocycles. The van der Waals surface area contributed by atoms with Crippen molar-refractivity contribution in [2.75, 3.05) is 13.1 Å². The molecular formula is C31H40FNO. The maximum Gasteiger partial charge on any atom is 0.254 e. The summed E-state index contributed by atoms with van der Waals surface area (Å²) in [6.07, 6.45) is 7.69. The van der Waals surface area contributed by atoms with Gasteiger partial charge in [0.05, 0.1) is 13.1 Å². The third-order valence-corrected chi connectivity index (χ3v) is 5.49. The molecule has 0 unspecified atom stereocenters. The Morgan fingerprint density at radius 1 is 0.912 bits per heavy atom. The Hall–Kier alpha value is -3.20. The van der Waals surface area contributed by atoms with E-state index in [0.717, 1.165) is 32.7 Å². The summed E-state index contributed by atoms with van der Waals surface area (Å²) in [4.78, 5) is 14.3. The number of allylic oxidation sites excluding steroid dienone is 4. The molecule has 1 heterocycles. The number of nitrogens with zero attached hydrogens (tertiary/aromatic N) is 1. The van der Waals surface area contributed by atoms with Crippen LogP contribution in [0.5, 0.6) is 0 Å². The minimum absolute atomic E-state index is 0.138. The van der Waals surface area contributed by atoms with Crippen molar-refractivity contribution >= 4 is 23.1 Å². The number of likely N-dealkylation sites (tertiary alicyclic amines) is 1. The molecule has 0 spiro atoms. The van der Waals surface area contributed by atoms with Gasteiger partial charge in [-0.15, -0.1) is 0 Å². The van der Waals surface area contributed by atoms with E-state index in [1.807, 2.05) is 78.0 Å². The molecule has 0 bridgehead atoms. The van der Waals surface area contributed by atoms with Gasteiger partial charge in [-0.2, -0.15) is 0 Å². The number of hydrogen-bond donors (Lipinski definition) is 0. The van der Waals surface area contributed by atoms with Gasteiger partial charge < -0.3 is 4.90 Å². The van der Waals surface area contributed by atoms with Gasteiger partial charge in [0.2, 0.25) is 0 Å². The minimum Gasteiger partial charge on any atom is -0.332 e. The third-order valence-electron chi connectivity index (χ3n) is 5.49. The van der Waals surface area contributed by atoms with Crippen LogP contribution in [0.1, 0.15) is 70.0 Å². The first-order valence-electron chi connectivity index (χ1n) is 12.1. The number of amides is 1. The zero-order chi connectivity index (χ0) is 25.9. The average molecular weight is 462 g/mol. The van der Waals surface area contributed by atoms with Crippen LogP contribution < -0.4 is 10.4 Å². The smallest absolute Gasteiger partial charge is 0.254 e. The Labute approximate surface area is 205 Å². The van der Waals surface area contributed by atoms with Crippen LogP contribution >= 0.6 is 0 Å². The fraction of sp³-hybridized carbons (Fsp3) is 0.323. The van der Waals surface area contributed by atoms with Gasteiger partial charge in [0, 0.05) is 5.56 Å². The topological polar surface area (TPSA) is 20.3 Å². The van der Waals surface area contributed by atoms with Gasteiger partial charge in [0.15, 0.2) is 0 Å². The summed E-state index contributed by atoms with van der Waals surface area (Å²) >= 11 is 0. The van der Waals surface area contributed by atoms with Gasteiger partial charge in [-0.05, 0) is 65.6 Å². The molecule has 2 aromatic rings. The molecule has 0 N–H and O–H groups in total. The van der Waals surface area contributed by atoms with Crippen molar-refractivity contribution in [3.63, 3.8) is 0 Å². The molecule has 0 atom stereocenters. The third kappa shape index (κ3) is 6.66. The lowest BCUT2D eigenvalue weighted by atomic mass is 9.95. The Morgan fingerprint density at radius 3 is 1.88 bits per heavy atom. The molecule has 1 fully saturated rings. The van der Waals surface area contributed by atoms with E-state index in [1.165, 1.54) is 6.92 Å². The maximum atomic E-state index is 13.8. The van der Waals surface area contributed by atoms with E-state index in [9.17, 15) is 9.18 Å². The van der Waals surface area contributed by atoms with Crippen LogP contribution in [-0.2, 0) is 0 Å². The number of carbonyl (C=O) groups excluding carboxylic acids is 1. The number of rotatable bonds is 5.